The molecule has 0 heterocycles. The van der Waals surface area contributed by atoms with Crippen LogP contribution >= 0.6 is 0 Å². The maximum absolute atomic E-state index is 13.0. The highest BCUT2D eigenvalue weighted by Gasteiger charge is 2.33. The van der Waals surface area contributed by atoms with Crippen molar-refractivity contribution in [1.82, 2.24) is 0 Å². The summed E-state index contributed by atoms with van der Waals surface area (Å²) in [5.41, 5.74) is 1.29. The molecule has 1 saturated carbocycles. The van der Waals surface area contributed by atoms with E-state index < -0.39 is 10.9 Å². The number of ether oxygens (including phenoxy) is 2. The van der Waals surface area contributed by atoms with Crippen molar-refractivity contribution in [3.05, 3.63) is 112 Å². The molecule has 176 valence electrons. The number of carbonyl (C=O) groups is 1. The molecule has 0 amide bonds. The van der Waals surface area contributed by atoms with Crippen molar-refractivity contribution in [2.75, 3.05) is 0 Å². The Kier molecular flexibility index (Phi) is 6.44. The summed E-state index contributed by atoms with van der Waals surface area (Å²) in [6.45, 7) is 0. The second-order valence-electron chi connectivity index (χ2n) is 8.75. The van der Waals surface area contributed by atoms with Crippen molar-refractivity contribution in [2.24, 2.45) is 0 Å². The fourth-order valence-electron chi connectivity index (χ4n) is 4.86. The molecule has 6 heteroatoms. The summed E-state index contributed by atoms with van der Waals surface area (Å²) in [6, 6.07) is 27.4. The molecule has 0 spiro atoms. The molecular formula is C29H25NO5. The first kappa shape index (κ1) is 22.6. The maximum Gasteiger partial charge on any atom is 0.338 e. The van der Waals surface area contributed by atoms with Crippen molar-refractivity contribution >= 4 is 22.4 Å². The Labute approximate surface area is 203 Å². The molecule has 2 atom stereocenters. The van der Waals surface area contributed by atoms with E-state index in [1.807, 2.05) is 48.5 Å². The van der Waals surface area contributed by atoms with Gasteiger partial charge >= 0.3 is 5.97 Å². The van der Waals surface area contributed by atoms with Crippen LogP contribution in [0.3, 0.4) is 0 Å². The van der Waals surface area contributed by atoms with Gasteiger partial charge in [0.15, 0.2) is 0 Å². The van der Waals surface area contributed by atoms with Gasteiger partial charge in [0, 0.05) is 23.6 Å². The molecule has 1 aliphatic carbocycles. The number of rotatable bonds is 6. The van der Waals surface area contributed by atoms with Crippen LogP contribution in [0.5, 0.6) is 11.5 Å². The zero-order valence-electron chi connectivity index (χ0n) is 19.1. The summed E-state index contributed by atoms with van der Waals surface area (Å²) in [7, 11) is 0. The van der Waals surface area contributed by atoms with Gasteiger partial charge in [0.25, 0.3) is 5.69 Å². The zero-order chi connectivity index (χ0) is 24.2. The molecule has 4 aromatic rings. The van der Waals surface area contributed by atoms with E-state index >= 15 is 0 Å². The Morgan fingerprint density at radius 1 is 0.829 bits per heavy atom. The first-order valence-electron chi connectivity index (χ1n) is 11.8. The number of carbonyl (C=O) groups excluding carboxylic acids is 1. The quantitative estimate of drug-likeness (QED) is 0.167. The number of para-hydroxylation sites is 1. The van der Waals surface area contributed by atoms with E-state index in [1.165, 1.54) is 24.3 Å². The fourth-order valence-corrected chi connectivity index (χ4v) is 4.86. The number of nitrogens with zero attached hydrogens (tertiary/aromatic N) is 1. The lowest BCUT2D eigenvalue weighted by atomic mass is 9.79. The van der Waals surface area contributed by atoms with Crippen molar-refractivity contribution < 1.29 is 19.2 Å². The van der Waals surface area contributed by atoms with E-state index in [9.17, 15) is 14.9 Å². The van der Waals surface area contributed by atoms with E-state index in [0.29, 0.717) is 5.56 Å². The Morgan fingerprint density at radius 2 is 1.54 bits per heavy atom. The predicted octanol–water partition coefficient (Wildman–Crippen LogP) is 7.42. The topological polar surface area (TPSA) is 78.7 Å². The summed E-state index contributed by atoms with van der Waals surface area (Å²) in [5.74, 6) is 1.01. The first-order valence-corrected chi connectivity index (χ1v) is 11.8. The molecule has 35 heavy (non-hydrogen) atoms. The summed E-state index contributed by atoms with van der Waals surface area (Å²) >= 11 is 0. The monoisotopic (exact) mass is 467 g/mol. The molecule has 0 unspecified atom stereocenters. The normalized spacial score (nSPS) is 17.6. The number of esters is 1. The second kappa shape index (κ2) is 9.97. The highest BCUT2D eigenvalue weighted by Crippen LogP contribution is 2.44. The Morgan fingerprint density at radius 3 is 2.31 bits per heavy atom. The summed E-state index contributed by atoms with van der Waals surface area (Å²) in [5, 5.41) is 13.1. The smallest absolute Gasteiger partial charge is 0.338 e. The predicted molar refractivity (Wildman–Crippen MR) is 134 cm³/mol. The van der Waals surface area contributed by atoms with Crippen LogP contribution in [0.15, 0.2) is 91.0 Å². The van der Waals surface area contributed by atoms with Crippen molar-refractivity contribution in [3.8, 4) is 11.5 Å². The Hall–Kier alpha value is -4.19. The average Bonchev–Trinajstić information content (AvgIpc) is 2.90. The molecule has 1 fully saturated rings. The van der Waals surface area contributed by atoms with E-state index in [4.69, 9.17) is 9.47 Å². The van der Waals surface area contributed by atoms with Gasteiger partial charge in [0.1, 0.15) is 17.6 Å². The summed E-state index contributed by atoms with van der Waals surface area (Å²) in [6.07, 6.45) is 3.29. The average molecular weight is 468 g/mol. The van der Waals surface area contributed by atoms with Gasteiger partial charge in [-0.2, -0.15) is 0 Å². The van der Waals surface area contributed by atoms with E-state index in [-0.39, 0.29) is 17.7 Å². The molecule has 4 aromatic carbocycles. The molecule has 0 saturated heterocycles. The molecule has 1 aliphatic rings. The summed E-state index contributed by atoms with van der Waals surface area (Å²) < 4.78 is 12.4. The number of benzene rings is 4. The molecule has 6 nitrogen and oxygen atoms in total. The van der Waals surface area contributed by atoms with Gasteiger partial charge in [-0.05, 0) is 60.4 Å². The lowest BCUT2D eigenvalue weighted by molar-refractivity contribution is -0.384. The number of hydrogen-bond donors (Lipinski definition) is 0. The van der Waals surface area contributed by atoms with Crippen molar-refractivity contribution in [2.45, 2.75) is 37.7 Å². The van der Waals surface area contributed by atoms with E-state index in [0.717, 1.165) is 53.5 Å². The number of non-ortho nitro benzene ring substituents is 1. The third kappa shape index (κ3) is 4.87. The largest absolute Gasteiger partial charge is 0.458 e. The van der Waals surface area contributed by atoms with E-state index in [2.05, 4.69) is 18.2 Å². The second-order valence-corrected chi connectivity index (χ2v) is 8.75. The Balaban J connectivity index is 1.49. The van der Waals surface area contributed by atoms with Gasteiger partial charge in [0.2, 0.25) is 0 Å². The highest BCUT2D eigenvalue weighted by atomic mass is 16.6. The van der Waals surface area contributed by atoms with Crippen LogP contribution in [-0.4, -0.2) is 17.0 Å². The van der Waals surface area contributed by atoms with Crippen LogP contribution in [0.1, 0.15) is 47.5 Å². The van der Waals surface area contributed by atoms with Crippen LogP contribution in [-0.2, 0) is 4.74 Å². The number of nitro benzene ring substituents is 1. The van der Waals surface area contributed by atoms with Crippen LogP contribution in [0.2, 0.25) is 0 Å². The van der Waals surface area contributed by atoms with Crippen LogP contribution in [0.25, 0.3) is 10.8 Å². The first-order chi connectivity index (χ1) is 17.1. The standard InChI is InChI=1S/C29H25NO5/c31-29(21-14-17-22(18-15-21)30(32)33)35-26-13-7-6-12-25(26)28-24-11-5-4-8-20(24)16-19-27(28)34-23-9-2-1-3-10-23/h1-5,8-11,14-19,25-26H,6-7,12-13H2/t25-,26+/m0/s1. The van der Waals surface area contributed by atoms with Crippen molar-refractivity contribution in [1.29, 1.82) is 0 Å². The minimum atomic E-state index is -0.485. The minimum Gasteiger partial charge on any atom is -0.458 e. The van der Waals surface area contributed by atoms with Gasteiger partial charge in [-0.25, -0.2) is 4.79 Å². The van der Waals surface area contributed by atoms with Crippen LogP contribution in [0.4, 0.5) is 5.69 Å². The van der Waals surface area contributed by atoms with E-state index in [1.54, 1.807) is 0 Å². The lowest BCUT2D eigenvalue weighted by Gasteiger charge is -2.33. The molecular weight excluding hydrogens is 442 g/mol. The van der Waals surface area contributed by atoms with Gasteiger partial charge in [-0.1, -0.05) is 55.0 Å². The Bertz CT molecular complexity index is 1350. The number of nitro groups is 1. The molecule has 0 bridgehead atoms. The maximum atomic E-state index is 13.0. The third-order valence-corrected chi connectivity index (χ3v) is 6.55. The molecule has 0 N–H and O–H groups in total. The molecule has 0 aromatic heterocycles. The minimum absolute atomic E-state index is 0.0319. The SMILES string of the molecule is O=C(O[C@@H]1CCCC[C@@H]1c1c(Oc2ccccc2)ccc2ccccc12)c1ccc([N+](=O)[O-])cc1. The molecule has 0 radical (unpaired) electrons. The molecule has 5 rings (SSSR count). The van der Waals surface area contributed by atoms with Gasteiger partial charge in [-0.3, -0.25) is 10.1 Å². The van der Waals surface area contributed by atoms with Crippen LogP contribution in [0, 0.1) is 10.1 Å². The van der Waals surface area contributed by atoms with Gasteiger partial charge in [-0.15, -0.1) is 0 Å². The molecule has 0 aliphatic heterocycles. The number of hydrogen-bond acceptors (Lipinski definition) is 5. The van der Waals surface area contributed by atoms with Crippen LogP contribution < -0.4 is 4.74 Å². The number of fused-ring (bicyclic) bond motifs is 1. The van der Waals surface area contributed by atoms with Gasteiger partial charge < -0.3 is 9.47 Å². The van der Waals surface area contributed by atoms with Crippen molar-refractivity contribution in [3.63, 3.8) is 0 Å². The summed E-state index contributed by atoms with van der Waals surface area (Å²) in [4.78, 5) is 23.4. The fraction of sp³-hybridized carbons (Fsp3) is 0.207. The zero-order valence-corrected chi connectivity index (χ0v) is 19.1. The van der Waals surface area contributed by atoms with Gasteiger partial charge in [0.05, 0.1) is 10.5 Å². The lowest BCUT2D eigenvalue weighted by Crippen LogP contribution is -2.29. The third-order valence-electron chi connectivity index (χ3n) is 6.55. The highest BCUT2D eigenvalue weighted by molar-refractivity contribution is 5.90.